The van der Waals surface area contributed by atoms with Crippen LogP contribution in [0.1, 0.15) is 17.3 Å². The second-order valence-electron chi connectivity index (χ2n) is 3.65. The van der Waals surface area contributed by atoms with Gasteiger partial charge in [0.1, 0.15) is 5.82 Å². The lowest BCUT2D eigenvalue weighted by Crippen LogP contribution is -2.37. The van der Waals surface area contributed by atoms with Crippen LogP contribution in [0.5, 0.6) is 0 Å². The van der Waals surface area contributed by atoms with Crippen molar-refractivity contribution in [3.8, 4) is 0 Å². The predicted octanol–water partition coefficient (Wildman–Crippen LogP) is 2.89. The van der Waals surface area contributed by atoms with Crippen molar-refractivity contribution in [3.63, 3.8) is 0 Å². The minimum absolute atomic E-state index is 0. The molecule has 2 N–H and O–H groups in total. The van der Waals surface area contributed by atoms with Crippen LogP contribution in [0.3, 0.4) is 0 Å². The second kappa shape index (κ2) is 7.79. The molecule has 1 aromatic carbocycles. The van der Waals surface area contributed by atoms with Crippen LogP contribution in [0.2, 0.25) is 10.0 Å². The van der Waals surface area contributed by atoms with Crippen LogP contribution in [0.15, 0.2) is 12.1 Å². The third-order valence-corrected chi connectivity index (χ3v) is 2.92. The summed E-state index contributed by atoms with van der Waals surface area (Å²) in [6.07, 6.45) is 0. The van der Waals surface area contributed by atoms with Gasteiger partial charge in [0.2, 0.25) is 0 Å². The molecule has 0 aromatic heterocycles. The summed E-state index contributed by atoms with van der Waals surface area (Å²) in [6, 6.07) is 2.37. The predicted molar refractivity (Wildman–Crippen MR) is 74.5 cm³/mol. The molecule has 18 heavy (non-hydrogen) atoms. The Labute approximate surface area is 121 Å². The number of hydrogen-bond donors (Lipinski definition) is 2. The molecule has 0 heterocycles. The molecule has 0 saturated heterocycles. The van der Waals surface area contributed by atoms with E-state index < -0.39 is 11.7 Å². The van der Waals surface area contributed by atoms with Gasteiger partial charge in [-0.1, -0.05) is 23.2 Å². The Bertz CT molecular complexity index is 429. The van der Waals surface area contributed by atoms with E-state index >= 15 is 0 Å². The molecule has 0 spiro atoms. The van der Waals surface area contributed by atoms with E-state index in [1.807, 2.05) is 6.92 Å². The third-order valence-electron chi connectivity index (χ3n) is 2.32. The lowest BCUT2D eigenvalue weighted by molar-refractivity contribution is 0.0950. The average Bonchev–Trinajstić information content (AvgIpc) is 2.30. The lowest BCUT2D eigenvalue weighted by Gasteiger charge is -2.12. The van der Waals surface area contributed by atoms with E-state index in [-0.39, 0.29) is 34.1 Å². The Hall–Kier alpha value is -0.550. The summed E-state index contributed by atoms with van der Waals surface area (Å²) < 4.78 is 13.2. The van der Waals surface area contributed by atoms with Crippen molar-refractivity contribution < 1.29 is 9.18 Å². The maximum Gasteiger partial charge on any atom is 0.252 e. The summed E-state index contributed by atoms with van der Waals surface area (Å²) in [6.45, 7) is 2.33. The Morgan fingerprint density at radius 1 is 1.39 bits per heavy atom. The average molecular weight is 316 g/mol. The second-order valence-corrected chi connectivity index (χ2v) is 4.46. The monoisotopic (exact) mass is 314 g/mol. The van der Waals surface area contributed by atoms with Crippen molar-refractivity contribution in [1.29, 1.82) is 0 Å². The van der Waals surface area contributed by atoms with Crippen molar-refractivity contribution in [2.24, 2.45) is 0 Å². The van der Waals surface area contributed by atoms with Crippen LogP contribution < -0.4 is 10.6 Å². The SMILES string of the molecule is CNC(C)CNC(=O)c1cc(F)c(Cl)cc1Cl.Cl. The Morgan fingerprint density at radius 3 is 2.56 bits per heavy atom. The van der Waals surface area contributed by atoms with E-state index in [0.29, 0.717) is 6.54 Å². The molecule has 1 unspecified atom stereocenters. The molecule has 1 amide bonds. The number of carbonyl (C=O) groups is 1. The topological polar surface area (TPSA) is 41.1 Å². The molecule has 0 bridgehead atoms. The van der Waals surface area contributed by atoms with Crippen molar-refractivity contribution in [3.05, 3.63) is 33.6 Å². The molecule has 1 atom stereocenters. The molecule has 1 aromatic rings. The number of amides is 1. The smallest absolute Gasteiger partial charge is 0.252 e. The van der Waals surface area contributed by atoms with Gasteiger partial charge in [0, 0.05) is 12.6 Å². The van der Waals surface area contributed by atoms with Crippen molar-refractivity contribution in [2.75, 3.05) is 13.6 Å². The third kappa shape index (κ3) is 4.61. The fourth-order valence-corrected chi connectivity index (χ4v) is 1.61. The molecule has 102 valence electrons. The molecule has 0 radical (unpaired) electrons. The first-order chi connectivity index (χ1) is 7.95. The van der Waals surface area contributed by atoms with Gasteiger partial charge in [-0.05, 0) is 26.1 Å². The number of rotatable bonds is 4. The summed E-state index contributed by atoms with van der Waals surface area (Å²) in [5.41, 5.74) is 0.0804. The van der Waals surface area contributed by atoms with E-state index in [2.05, 4.69) is 10.6 Å². The Kier molecular flexibility index (Phi) is 7.55. The van der Waals surface area contributed by atoms with Gasteiger partial charge >= 0.3 is 0 Å². The van der Waals surface area contributed by atoms with Crippen molar-refractivity contribution >= 4 is 41.5 Å². The molecule has 0 aliphatic rings. The van der Waals surface area contributed by atoms with E-state index in [4.69, 9.17) is 23.2 Å². The van der Waals surface area contributed by atoms with E-state index in [9.17, 15) is 9.18 Å². The fraction of sp³-hybridized carbons (Fsp3) is 0.364. The van der Waals surface area contributed by atoms with Crippen molar-refractivity contribution in [2.45, 2.75) is 13.0 Å². The first kappa shape index (κ1) is 17.4. The summed E-state index contributed by atoms with van der Waals surface area (Å²) in [5.74, 6) is -1.09. The number of nitrogens with one attached hydrogen (secondary N) is 2. The molecular weight excluding hydrogens is 301 g/mol. The van der Waals surface area contributed by atoms with E-state index in [1.54, 1.807) is 7.05 Å². The van der Waals surface area contributed by atoms with E-state index in [0.717, 1.165) is 6.07 Å². The van der Waals surface area contributed by atoms with Crippen LogP contribution in [0, 0.1) is 5.82 Å². The van der Waals surface area contributed by atoms with Crippen LogP contribution >= 0.6 is 35.6 Å². The first-order valence-electron chi connectivity index (χ1n) is 5.05. The highest BCUT2D eigenvalue weighted by atomic mass is 35.5. The molecule has 0 fully saturated rings. The molecule has 0 aliphatic heterocycles. The Morgan fingerprint density at radius 2 is 2.00 bits per heavy atom. The molecule has 1 rings (SSSR count). The maximum atomic E-state index is 13.2. The number of benzene rings is 1. The van der Waals surface area contributed by atoms with Crippen LogP contribution in [0.25, 0.3) is 0 Å². The zero-order valence-electron chi connectivity index (χ0n) is 9.89. The minimum Gasteiger partial charge on any atom is -0.350 e. The molecule has 0 aliphatic carbocycles. The van der Waals surface area contributed by atoms with Gasteiger partial charge < -0.3 is 10.6 Å². The van der Waals surface area contributed by atoms with Crippen molar-refractivity contribution in [1.82, 2.24) is 10.6 Å². The van der Waals surface area contributed by atoms with Gasteiger partial charge in [-0.25, -0.2) is 4.39 Å². The zero-order valence-corrected chi connectivity index (χ0v) is 12.2. The van der Waals surface area contributed by atoms with Crippen LogP contribution in [0.4, 0.5) is 4.39 Å². The number of hydrogen-bond acceptors (Lipinski definition) is 2. The minimum atomic E-state index is -0.664. The van der Waals surface area contributed by atoms with Crippen LogP contribution in [-0.2, 0) is 0 Å². The zero-order chi connectivity index (χ0) is 13.0. The summed E-state index contributed by atoms with van der Waals surface area (Å²) in [4.78, 5) is 11.7. The van der Waals surface area contributed by atoms with Gasteiger partial charge in [-0.3, -0.25) is 4.79 Å². The molecular formula is C11H14Cl3FN2O. The van der Waals surface area contributed by atoms with E-state index in [1.165, 1.54) is 6.07 Å². The van der Waals surface area contributed by atoms with Gasteiger partial charge in [0.15, 0.2) is 0 Å². The highest BCUT2D eigenvalue weighted by Gasteiger charge is 2.14. The van der Waals surface area contributed by atoms with Gasteiger partial charge in [-0.15, -0.1) is 12.4 Å². The quantitative estimate of drug-likeness (QED) is 0.839. The van der Waals surface area contributed by atoms with Gasteiger partial charge in [0.05, 0.1) is 15.6 Å². The van der Waals surface area contributed by atoms with Crippen LogP contribution in [-0.4, -0.2) is 25.5 Å². The highest BCUT2D eigenvalue weighted by Crippen LogP contribution is 2.24. The summed E-state index contributed by atoms with van der Waals surface area (Å²) in [5, 5.41) is 5.63. The lowest BCUT2D eigenvalue weighted by atomic mass is 10.2. The molecule has 0 saturated carbocycles. The number of carbonyl (C=O) groups excluding carboxylic acids is 1. The first-order valence-corrected chi connectivity index (χ1v) is 5.81. The number of halogens is 4. The normalized spacial score (nSPS) is 11.6. The molecule has 3 nitrogen and oxygen atoms in total. The highest BCUT2D eigenvalue weighted by molar-refractivity contribution is 6.36. The standard InChI is InChI=1S/C11H13Cl2FN2O.ClH/c1-6(15-2)5-16-11(17)7-3-10(14)9(13)4-8(7)12;/h3-4,6,15H,5H2,1-2H3,(H,16,17);1H. The Balaban J connectivity index is 0.00000289. The summed E-state index contributed by atoms with van der Waals surface area (Å²) in [7, 11) is 1.78. The van der Waals surface area contributed by atoms with Gasteiger partial charge in [-0.2, -0.15) is 0 Å². The fourth-order valence-electron chi connectivity index (χ4n) is 1.14. The number of likely N-dealkylation sites (N-methyl/N-ethyl adjacent to an activating group) is 1. The van der Waals surface area contributed by atoms with Gasteiger partial charge in [0.25, 0.3) is 5.91 Å². The largest absolute Gasteiger partial charge is 0.350 e. The maximum absolute atomic E-state index is 13.2. The molecule has 7 heteroatoms. The summed E-state index contributed by atoms with van der Waals surface area (Å²) >= 11 is 11.4.